The molecule has 0 aromatic heterocycles. The van der Waals surface area contributed by atoms with Crippen LogP contribution in [-0.4, -0.2) is 15.6 Å². The second-order valence-corrected chi connectivity index (χ2v) is 3.80. The topological polar surface area (TPSA) is 27.7 Å². The number of allylic oxidation sites excluding steroid dienone is 2. The summed E-state index contributed by atoms with van der Waals surface area (Å²) in [6.45, 7) is 10.6. The number of alkyl halides is 1. The number of rotatable bonds is 6. The number of hydrogen-bond acceptors (Lipinski definition) is 3. The summed E-state index contributed by atoms with van der Waals surface area (Å²) >= 11 is 5.36. The Balaban J connectivity index is 3.85. The van der Waals surface area contributed by atoms with E-state index in [1.165, 1.54) is 0 Å². The van der Waals surface area contributed by atoms with Crippen LogP contribution in [0.5, 0.6) is 0 Å². The molecule has 0 bridgehead atoms. The molecule has 0 aliphatic heterocycles. The molecule has 0 saturated carbocycles. The summed E-state index contributed by atoms with van der Waals surface area (Å²) in [5.41, 5.74) is 0. The normalized spacial score (nSPS) is 9.67. The van der Waals surface area contributed by atoms with Gasteiger partial charge < -0.3 is 13.3 Å². The average Bonchev–Trinajstić information content (AvgIpc) is 1.84. The van der Waals surface area contributed by atoms with Gasteiger partial charge in [-0.05, 0) is 13.8 Å². The molecule has 0 aromatic rings. The molecule has 0 fully saturated rings. The Kier molecular flexibility index (Phi) is 5.88. The van der Waals surface area contributed by atoms with Crippen LogP contribution in [0, 0.1) is 0 Å². The highest BCUT2D eigenvalue weighted by molar-refractivity contribution is 6.38. The van der Waals surface area contributed by atoms with Crippen LogP contribution in [0.1, 0.15) is 13.8 Å². The molecule has 0 N–H and O–H groups in total. The van der Waals surface area contributed by atoms with Crippen molar-refractivity contribution >= 4 is 21.1 Å². The van der Waals surface area contributed by atoms with Gasteiger partial charge in [-0.1, -0.05) is 24.8 Å². The van der Waals surface area contributed by atoms with Gasteiger partial charge in [-0.15, -0.1) is 0 Å². The van der Waals surface area contributed by atoms with Crippen LogP contribution in [0.2, 0.25) is 0 Å². The second-order valence-electron chi connectivity index (χ2n) is 2.20. The van der Waals surface area contributed by atoms with Crippen LogP contribution >= 0.6 is 11.6 Å². The molecule has 0 spiro atoms. The first-order valence-electron chi connectivity index (χ1n) is 3.38. The third kappa shape index (κ3) is 6.27. The summed E-state index contributed by atoms with van der Waals surface area (Å²) in [5, 5.41) is 0. The van der Waals surface area contributed by atoms with E-state index in [4.69, 9.17) is 24.9 Å². The average molecular weight is 209 g/mol. The molecular formula is C7H13ClO3Si. The molecule has 0 saturated heterocycles. The second kappa shape index (κ2) is 6.11. The fraction of sp³-hybridized carbons (Fsp3) is 0.429. The molecule has 0 aromatic carbocycles. The van der Waals surface area contributed by atoms with Crippen LogP contribution in [0.25, 0.3) is 0 Å². The number of halogens is 1. The van der Waals surface area contributed by atoms with E-state index in [-0.39, 0.29) is 6.07 Å². The van der Waals surface area contributed by atoms with Crippen molar-refractivity contribution in [1.82, 2.24) is 0 Å². The predicted molar refractivity (Wildman–Crippen MR) is 50.8 cm³/mol. The molecule has 3 nitrogen and oxygen atoms in total. The molecule has 0 atom stereocenters. The summed E-state index contributed by atoms with van der Waals surface area (Å²) in [4.78, 5) is 0. The van der Waals surface area contributed by atoms with Crippen LogP contribution in [-0.2, 0) is 13.3 Å². The van der Waals surface area contributed by atoms with Crippen molar-refractivity contribution < 1.29 is 13.3 Å². The van der Waals surface area contributed by atoms with Gasteiger partial charge >= 0.3 is 9.53 Å². The standard InChI is InChI=1S/C7H13ClO3Si/c1-6(2)10-12(9-5-8)11-7(3)4/h12H,1,3,5H2,2,4H3. The zero-order chi connectivity index (χ0) is 9.56. The monoisotopic (exact) mass is 208 g/mol. The van der Waals surface area contributed by atoms with Gasteiger partial charge in [0.2, 0.25) is 0 Å². The van der Waals surface area contributed by atoms with E-state index >= 15 is 0 Å². The lowest BCUT2D eigenvalue weighted by molar-refractivity contribution is 0.169. The Morgan fingerprint density at radius 2 is 1.67 bits per heavy atom. The Bertz CT molecular complexity index is 156. The van der Waals surface area contributed by atoms with Crippen LogP contribution in [0.4, 0.5) is 0 Å². The SMILES string of the molecule is C=C(C)O[SiH](OCCl)OC(=C)C. The lowest BCUT2D eigenvalue weighted by Gasteiger charge is -2.16. The van der Waals surface area contributed by atoms with Crippen molar-refractivity contribution in [2.24, 2.45) is 0 Å². The zero-order valence-electron chi connectivity index (χ0n) is 7.30. The van der Waals surface area contributed by atoms with Gasteiger partial charge in [-0.3, -0.25) is 0 Å². The highest BCUT2D eigenvalue weighted by Crippen LogP contribution is 2.04. The van der Waals surface area contributed by atoms with Crippen LogP contribution in [0.3, 0.4) is 0 Å². The smallest absolute Gasteiger partial charge is 0.499 e. The molecule has 0 aliphatic carbocycles. The van der Waals surface area contributed by atoms with Gasteiger partial charge in [0.25, 0.3) is 0 Å². The van der Waals surface area contributed by atoms with Crippen molar-refractivity contribution in [3.63, 3.8) is 0 Å². The Hall–Kier alpha value is -0.453. The minimum Gasteiger partial charge on any atom is -0.499 e. The number of hydrogen-bond donors (Lipinski definition) is 0. The van der Waals surface area contributed by atoms with Gasteiger partial charge in [0.05, 0.1) is 11.5 Å². The van der Waals surface area contributed by atoms with E-state index in [9.17, 15) is 0 Å². The van der Waals surface area contributed by atoms with Gasteiger partial charge in [0.1, 0.15) is 6.07 Å². The molecule has 0 rings (SSSR count). The summed E-state index contributed by atoms with van der Waals surface area (Å²) in [6, 6.07) is 0.0530. The van der Waals surface area contributed by atoms with E-state index in [0.717, 1.165) is 0 Å². The third-order valence-electron chi connectivity index (χ3n) is 0.794. The van der Waals surface area contributed by atoms with E-state index < -0.39 is 9.53 Å². The van der Waals surface area contributed by atoms with Gasteiger partial charge in [0.15, 0.2) is 0 Å². The third-order valence-corrected chi connectivity index (χ3v) is 2.76. The summed E-state index contributed by atoms with van der Waals surface area (Å²) in [5.74, 6) is 1.11. The summed E-state index contributed by atoms with van der Waals surface area (Å²) < 4.78 is 15.3. The minimum absolute atomic E-state index is 0.0530. The molecule has 5 heteroatoms. The lowest BCUT2D eigenvalue weighted by atomic mass is 10.7. The highest BCUT2D eigenvalue weighted by Gasteiger charge is 2.17. The Morgan fingerprint density at radius 3 is 1.92 bits per heavy atom. The Morgan fingerprint density at radius 1 is 1.25 bits per heavy atom. The van der Waals surface area contributed by atoms with E-state index in [0.29, 0.717) is 11.5 Å². The highest BCUT2D eigenvalue weighted by atomic mass is 35.5. The van der Waals surface area contributed by atoms with Gasteiger partial charge in [0, 0.05) is 0 Å². The maximum absolute atomic E-state index is 5.36. The fourth-order valence-electron chi connectivity index (χ4n) is 0.472. The van der Waals surface area contributed by atoms with Crippen molar-refractivity contribution in [3.8, 4) is 0 Å². The molecule has 70 valence electrons. The van der Waals surface area contributed by atoms with E-state index in [2.05, 4.69) is 13.2 Å². The quantitative estimate of drug-likeness (QED) is 0.380. The predicted octanol–water partition coefficient (Wildman–Crippen LogP) is 2.02. The summed E-state index contributed by atoms with van der Waals surface area (Å²) in [6.07, 6.45) is 0. The minimum atomic E-state index is -2.18. The summed E-state index contributed by atoms with van der Waals surface area (Å²) in [7, 11) is -2.18. The van der Waals surface area contributed by atoms with Crippen molar-refractivity contribution in [3.05, 3.63) is 24.7 Å². The van der Waals surface area contributed by atoms with E-state index in [1.807, 2.05) is 0 Å². The molecule has 0 unspecified atom stereocenters. The molecule has 0 heterocycles. The first kappa shape index (κ1) is 11.5. The first-order chi connectivity index (χ1) is 5.56. The van der Waals surface area contributed by atoms with Gasteiger partial charge in [-0.2, -0.15) is 0 Å². The maximum atomic E-state index is 5.36. The van der Waals surface area contributed by atoms with E-state index in [1.54, 1.807) is 13.8 Å². The van der Waals surface area contributed by atoms with Crippen molar-refractivity contribution in [2.45, 2.75) is 13.8 Å². The zero-order valence-corrected chi connectivity index (χ0v) is 9.21. The largest absolute Gasteiger partial charge is 0.616 e. The van der Waals surface area contributed by atoms with Gasteiger partial charge in [-0.25, -0.2) is 0 Å². The van der Waals surface area contributed by atoms with Crippen LogP contribution < -0.4 is 0 Å². The molecule has 0 amide bonds. The molecule has 0 aliphatic rings. The fourth-order valence-corrected chi connectivity index (χ4v) is 1.72. The first-order valence-corrected chi connectivity index (χ1v) is 5.33. The lowest BCUT2D eigenvalue weighted by Crippen LogP contribution is -2.25. The molecule has 0 radical (unpaired) electrons. The van der Waals surface area contributed by atoms with Crippen molar-refractivity contribution in [1.29, 1.82) is 0 Å². The van der Waals surface area contributed by atoms with Crippen LogP contribution in [0.15, 0.2) is 24.7 Å². The molecular weight excluding hydrogens is 196 g/mol. The molecule has 12 heavy (non-hydrogen) atoms. The van der Waals surface area contributed by atoms with Crippen molar-refractivity contribution in [2.75, 3.05) is 6.07 Å². The Labute approximate surface area is 79.5 Å². The maximum Gasteiger partial charge on any atom is 0.616 e.